The standard InChI is InChI=1S/C25H34N4O3S/c1-2-3-16-33-18-21(30)28(15-14-19-10-6-4-7-11-19)22-23(26)29(25(32)27-24(22)31)17-20-12-8-5-9-13-20/h5,8-10,12-13H,2-4,6-7,11,14-18,26H2,1H3,(H,27,31,32). The van der Waals surface area contributed by atoms with E-state index >= 15 is 0 Å². The van der Waals surface area contributed by atoms with Gasteiger partial charge in [0.1, 0.15) is 5.82 Å². The first-order valence-electron chi connectivity index (χ1n) is 11.7. The van der Waals surface area contributed by atoms with Crippen molar-refractivity contribution in [2.45, 2.75) is 58.4 Å². The van der Waals surface area contributed by atoms with E-state index in [4.69, 9.17) is 5.73 Å². The summed E-state index contributed by atoms with van der Waals surface area (Å²) < 4.78 is 1.33. The Kier molecular flexibility index (Phi) is 9.42. The van der Waals surface area contributed by atoms with Gasteiger partial charge in [0.15, 0.2) is 5.69 Å². The van der Waals surface area contributed by atoms with E-state index in [0.29, 0.717) is 13.0 Å². The third-order valence-corrected chi connectivity index (χ3v) is 6.91. The number of amides is 1. The Morgan fingerprint density at radius 2 is 2.00 bits per heavy atom. The highest BCUT2D eigenvalue weighted by Crippen LogP contribution is 2.24. The fourth-order valence-electron chi connectivity index (χ4n) is 3.99. The monoisotopic (exact) mass is 470 g/mol. The van der Waals surface area contributed by atoms with Gasteiger partial charge in [-0.05, 0) is 49.8 Å². The van der Waals surface area contributed by atoms with Crippen LogP contribution in [0.3, 0.4) is 0 Å². The molecule has 0 unspecified atom stereocenters. The van der Waals surface area contributed by atoms with Crippen LogP contribution in [0.1, 0.15) is 57.4 Å². The van der Waals surface area contributed by atoms with Crippen LogP contribution < -0.4 is 21.9 Å². The van der Waals surface area contributed by atoms with Gasteiger partial charge in [0, 0.05) is 6.54 Å². The number of carbonyl (C=O) groups is 1. The summed E-state index contributed by atoms with van der Waals surface area (Å²) in [6.07, 6.45) is 9.46. The molecule has 0 spiro atoms. The van der Waals surface area contributed by atoms with Gasteiger partial charge in [0.2, 0.25) is 5.91 Å². The van der Waals surface area contributed by atoms with Gasteiger partial charge in [0.25, 0.3) is 5.56 Å². The molecule has 3 rings (SSSR count). The van der Waals surface area contributed by atoms with Gasteiger partial charge in [-0.25, -0.2) is 4.79 Å². The number of nitrogen functional groups attached to an aromatic ring is 1. The van der Waals surface area contributed by atoms with Crippen LogP contribution in [-0.4, -0.2) is 33.5 Å². The van der Waals surface area contributed by atoms with Crippen LogP contribution in [0.2, 0.25) is 0 Å². The zero-order valence-electron chi connectivity index (χ0n) is 19.3. The van der Waals surface area contributed by atoms with E-state index in [-0.39, 0.29) is 29.7 Å². The lowest BCUT2D eigenvalue weighted by molar-refractivity contribution is -0.116. The molecule has 0 saturated heterocycles. The largest absolute Gasteiger partial charge is 0.383 e. The summed E-state index contributed by atoms with van der Waals surface area (Å²) >= 11 is 1.56. The van der Waals surface area contributed by atoms with Crippen LogP contribution in [0, 0.1) is 0 Å². The summed E-state index contributed by atoms with van der Waals surface area (Å²) in [4.78, 5) is 42.5. The van der Waals surface area contributed by atoms with Crippen molar-refractivity contribution in [3.05, 3.63) is 68.4 Å². The number of nitrogens with one attached hydrogen (secondary N) is 1. The topological polar surface area (TPSA) is 101 Å². The molecular weight excluding hydrogens is 436 g/mol. The molecule has 1 heterocycles. The van der Waals surface area contributed by atoms with Gasteiger partial charge in [-0.3, -0.25) is 19.1 Å². The number of nitrogens with two attached hydrogens (primary N) is 1. The zero-order valence-corrected chi connectivity index (χ0v) is 20.2. The van der Waals surface area contributed by atoms with Crippen molar-refractivity contribution in [2.24, 2.45) is 0 Å². The van der Waals surface area contributed by atoms with Crippen molar-refractivity contribution in [3.8, 4) is 0 Å². The number of allylic oxidation sites excluding steroid dienone is 1. The Hall–Kier alpha value is -2.74. The SMILES string of the molecule is CCCCSCC(=O)N(CCC1=CCCCC1)c1c(N)n(Cc2ccccc2)c(=O)[nH]c1=O. The molecule has 1 aromatic heterocycles. The first-order chi connectivity index (χ1) is 16.0. The van der Waals surface area contributed by atoms with Gasteiger partial charge >= 0.3 is 5.69 Å². The number of hydrogen-bond acceptors (Lipinski definition) is 5. The number of unbranched alkanes of at least 4 members (excludes halogenated alkanes) is 1. The van der Waals surface area contributed by atoms with E-state index in [1.807, 2.05) is 30.3 Å². The number of thioether (sulfide) groups is 1. The van der Waals surface area contributed by atoms with E-state index in [1.165, 1.54) is 21.5 Å². The molecule has 178 valence electrons. The summed E-state index contributed by atoms with van der Waals surface area (Å²) in [5.41, 5.74) is 7.45. The summed E-state index contributed by atoms with van der Waals surface area (Å²) in [5, 5.41) is 0. The summed E-state index contributed by atoms with van der Waals surface area (Å²) in [5.74, 6) is 1.03. The summed E-state index contributed by atoms with van der Waals surface area (Å²) in [6.45, 7) is 2.70. The molecule has 0 bridgehead atoms. The van der Waals surface area contributed by atoms with Crippen molar-refractivity contribution >= 4 is 29.2 Å². The van der Waals surface area contributed by atoms with Crippen molar-refractivity contribution in [2.75, 3.05) is 28.7 Å². The van der Waals surface area contributed by atoms with E-state index in [1.54, 1.807) is 11.8 Å². The van der Waals surface area contributed by atoms with Crippen molar-refractivity contribution in [3.63, 3.8) is 0 Å². The molecule has 2 aromatic rings. The van der Waals surface area contributed by atoms with E-state index in [9.17, 15) is 14.4 Å². The molecule has 0 radical (unpaired) electrons. The van der Waals surface area contributed by atoms with Gasteiger partial charge in [0.05, 0.1) is 12.3 Å². The third kappa shape index (κ3) is 6.87. The van der Waals surface area contributed by atoms with Gasteiger partial charge in [-0.1, -0.05) is 55.3 Å². The first kappa shape index (κ1) is 24.9. The number of H-pyrrole nitrogens is 1. The predicted octanol–water partition coefficient (Wildman–Crippen LogP) is 3.92. The summed E-state index contributed by atoms with van der Waals surface area (Å²) in [6, 6.07) is 9.43. The quantitative estimate of drug-likeness (QED) is 0.383. The normalized spacial score (nSPS) is 13.5. The Labute approximate surface area is 199 Å². The van der Waals surface area contributed by atoms with E-state index in [2.05, 4.69) is 18.0 Å². The maximum atomic E-state index is 13.2. The number of benzene rings is 1. The Morgan fingerprint density at radius 1 is 1.21 bits per heavy atom. The minimum absolute atomic E-state index is 0.0251. The highest BCUT2D eigenvalue weighted by molar-refractivity contribution is 7.99. The Bertz CT molecular complexity index is 1080. The Balaban J connectivity index is 1.92. The molecule has 0 fully saturated rings. The second-order valence-electron chi connectivity index (χ2n) is 8.37. The minimum Gasteiger partial charge on any atom is -0.383 e. The second kappa shape index (κ2) is 12.5. The number of rotatable bonds is 11. The molecule has 0 atom stereocenters. The van der Waals surface area contributed by atoms with Crippen LogP contribution in [0.4, 0.5) is 11.5 Å². The first-order valence-corrected chi connectivity index (χ1v) is 12.9. The number of carbonyl (C=O) groups excluding carboxylic acids is 1. The van der Waals surface area contributed by atoms with Crippen LogP contribution in [0.25, 0.3) is 0 Å². The number of nitrogens with zero attached hydrogens (tertiary/aromatic N) is 2. The van der Waals surface area contributed by atoms with Gasteiger partial charge in [-0.2, -0.15) is 11.8 Å². The van der Waals surface area contributed by atoms with Crippen LogP contribution in [0.5, 0.6) is 0 Å². The van der Waals surface area contributed by atoms with Crippen molar-refractivity contribution in [1.29, 1.82) is 0 Å². The van der Waals surface area contributed by atoms with Crippen LogP contribution >= 0.6 is 11.8 Å². The molecule has 8 heteroatoms. The highest BCUT2D eigenvalue weighted by Gasteiger charge is 2.24. The number of hydrogen-bond donors (Lipinski definition) is 2. The summed E-state index contributed by atoms with van der Waals surface area (Å²) in [7, 11) is 0. The van der Waals surface area contributed by atoms with E-state index in [0.717, 1.165) is 43.4 Å². The lowest BCUT2D eigenvalue weighted by Crippen LogP contribution is -2.42. The van der Waals surface area contributed by atoms with Gasteiger partial charge in [-0.15, -0.1) is 0 Å². The fraction of sp³-hybridized carbons (Fsp3) is 0.480. The average Bonchev–Trinajstić information content (AvgIpc) is 2.82. The van der Waals surface area contributed by atoms with Gasteiger partial charge < -0.3 is 10.6 Å². The molecule has 0 saturated carbocycles. The zero-order chi connectivity index (χ0) is 23.6. The fourth-order valence-corrected chi connectivity index (χ4v) is 4.96. The minimum atomic E-state index is -0.619. The maximum absolute atomic E-state index is 13.2. The Morgan fingerprint density at radius 3 is 2.70 bits per heavy atom. The maximum Gasteiger partial charge on any atom is 0.330 e. The molecule has 33 heavy (non-hydrogen) atoms. The lowest BCUT2D eigenvalue weighted by atomic mass is 9.97. The number of aromatic amines is 1. The average molecular weight is 471 g/mol. The second-order valence-corrected chi connectivity index (χ2v) is 9.48. The van der Waals surface area contributed by atoms with Crippen molar-refractivity contribution < 1.29 is 4.79 Å². The lowest BCUT2D eigenvalue weighted by Gasteiger charge is -2.25. The smallest absolute Gasteiger partial charge is 0.330 e. The predicted molar refractivity (Wildman–Crippen MR) is 137 cm³/mol. The molecule has 3 N–H and O–H groups in total. The highest BCUT2D eigenvalue weighted by atomic mass is 32.2. The molecule has 0 aliphatic heterocycles. The molecule has 1 aromatic carbocycles. The molecule has 1 amide bonds. The molecule has 7 nitrogen and oxygen atoms in total. The van der Waals surface area contributed by atoms with Crippen molar-refractivity contribution in [1.82, 2.24) is 9.55 Å². The molecule has 1 aliphatic carbocycles. The third-order valence-electron chi connectivity index (χ3n) is 5.88. The number of aromatic nitrogens is 2. The van der Waals surface area contributed by atoms with E-state index < -0.39 is 11.2 Å². The van der Waals surface area contributed by atoms with Crippen LogP contribution in [-0.2, 0) is 11.3 Å². The van der Waals surface area contributed by atoms with Crippen LogP contribution in [0.15, 0.2) is 51.6 Å². The number of anilines is 2. The molecule has 1 aliphatic rings. The molecular formula is C25H34N4O3S.